The second-order valence-corrected chi connectivity index (χ2v) is 6.43. The molecule has 20 heavy (non-hydrogen) atoms. The van der Waals surface area contributed by atoms with E-state index in [-0.39, 0.29) is 11.7 Å². The third-order valence-electron chi connectivity index (χ3n) is 2.76. The van der Waals surface area contributed by atoms with Crippen molar-refractivity contribution in [3.63, 3.8) is 0 Å². The zero-order valence-corrected chi connectivity index (χ0v) is 12.8. The molecule has 0 aliphatic rings. The predicted molar refractivity (Wildman–Crippen MR) is 83.1 cm³/mol. The summed E-state index contributed by atoms with van der Waals surface area (Å²) in [7, 11) is 0. The molecule has 2 aromatic rings. The van der Waals surface area contributed by atoms with E-state index in [0.29, 0.717) is 6.54 Å². The number of benzene rings is 1. The molecule has 0 bridgehead atoms. The van der Waals surface area contributed by atoms with E-state index in [2.05, 4.69) is 5.32 Å². The van der Waals surface area contributed by atoms with Gasteiger partial charge in [-0.1, -0.05) is 0 Å². The third-order valence-corrected chi connectivity index (χ3v) is 4.87. The summed E-state index contributed by atoms with van der Waals surface area (Å²) >= 11 is 3.13. The van der Waals surface area contributed by atoms with Gasteiger partial charge in [0.25, 0.3) is 5.91 Å². The molecule has 1 aromatic heterocycles. The van der Waals surface area contributed by atoms with Crippen molar-refractivity contribution < 1.29 is 9.18 Å². The van der Waals surface area contributed by atoms with Crippen molar-refractivity contribution in [2.24, 2.45) is 0 Å². The first-order valence-corrected chi connectivity index (χ1v) is 8.24. The number of thiophene rings is 1. The van der Waals surface area contributed by atoms with Crippen LogP contribution in [0.15, 0.2) is 40.6 Å². The van der Waals surface area contributed by atoms with Gasteiger partial charge in [0.2, 0.25) is 0 Å². The van der Waals surface area contributed by atoms with E-state index >= 15 is 0 Å². The maximum absolute atomic E-state index is 12.7. The summed E-state index contributed by atoms with van der Waals surface area (Å²) in [6.45, 7) is 2.60. The number of amides is 1. The van der Waals surface area contributed by atoms with Crippen molar-refractivity contribution in [1.29, 1.82) is 0 Å². The number of nitrogens with one attached hydrogen (secondary N) is 1. The van der Waals surface area contributed by atoms with E-state index in [0.717, 1.165) is 27.5 Å². The van der Waals surface area contributed by atoms with Crippen LogP contribution in [0, 0.1) is 12.7 Å². The quantitative estimate of drug-likeness (QED) is 0.643. The summed E-state index contributed by atoms with van der Waals surface area (Å²) in [5.41, 5.74) is 1.02. The lowest BCUT2D eigenvalue weighted by molar-refractivity contribution is 0.0957. The SMILES string of the molecule is Cc1ccsc1C(=O)NCCCSc1ccc(F)cc1. The Bertz CT molecular complexity index is 566. The summed E-state index contributed by atoms with van der Waals surface area (Å²) in [4.78, 5) is 13.7. The molecule has 0 aliphatic carbocycles. The molecule has 2 rings (SSSR count). The maximum Gasteiger partial charge on any atom is 0.261 e. The van der Waals surface area contributed by atoms with E-state index < -0.39 is 0 Å². The fourth-order valence-electron chi connectivity index (χ4n) is 1.68. The Morgan fingerprint density at radius 1 is 1.30 bits per heavy atom. The molecule has 0 aliphatic heterocycles. The molecule has 1 amide bonds. The summed E-state index contributed by atoms with van der Waals surface area (Å²) in [6.07, 6.45) is 0.887. The average Bonchev–Trinajstić information content (AvgIpc) is 2.86. The molecule has 0 unspecified atom stereocenters. The maximum atomic E-state index is 12.7. The standard InChI is InChI=1S/C15H16FNOS2/c1-11-7-10-20-14(11)15(18)17-8-2-9-19-13-5-3-12(16)4-6-13/h3-7,10H,2,8-9H2,1H3,(H,17,18). The van der Waals surface area contributed by atoms with Gasteiger partial charge in [0.1, 0.15) is 5.82 Å². The molecule has 0 saturated carbocycles. The highest BCUT2D eigenvalue weighted by Crippen LogP contribution is 2.19. The van der Waals surface area contributed by atoms with Crippen LogP contribution in [-0.2, 0) is 0 Å². The summed E-state index contributed by atoms with van der Waals surface area (Å²) in [6, 6.07) is 8.42. The lowest BCUT2D eigenvalue weighted by atomic mass is 10.3. The molecule has 0 radical (unpaired) electrons. The molecular weight excluding hydrogens is 293 g/mol. The normalized spacial score (nSPS) is 10.5. The van der Waals surface area contributed by atoms with Crippen LogP contribution in [0.1, 0.15) is 21.7 Å². The Morgan fingerprint density at radius 3 is 2.70 bits per heavy atom. The van der Waals surface area contributed by atoms with Crippen LogP contribution in [0.4, 0.5) is 4.39 Å². The first-order valence-electron chi connectivity index (χ1n) is 6.37. The van der Waals surface area contributed by atoms with Crippen LogP contribution >= 0.6 is 23.1 Å². The van der Waals surface area contributed by atoms with Crippen molar-refractivity contribution >= 4 is 29.0 Å². The van der Waals surface area contributed by atoms with Gasteiger partial charge in [-0.05, 0) is 60.4 Å². The number of thioether (sulfide) groups is 1. The Hall–Kier alpha value is -1.33. The average molecular weight is 309 g/mol. The van der Waals surface area contributed by atoms with Crippen LogP contribution < -0.4 is 5.32 Å². The molecule has 0 fully saturated rings. The van der Waals surface area contributed by atoms with Gasteiger partial charge in [-0.3, -0.25) is 4.79 Å². The first kappa shape index (κ1) is 15.1. The molecule has 0 spiro atoms. The Balaban J connectivity index is 1.66. The Morgan fingerprint density at radius 2 is 2.05 bits per heavy atom. The molecule has 5 heteroatoms. The van der Waals surface area contributed by atoms with Gasteiger partial charge in [-0.25, -0.2) is 4.39 Å². The monoisotopic (exact) mass is 309 g/mol. The van der Waals surface area contributed by atoms with E-state index in [9.17, 15) is 9.18 Å². The van der Waals surface area contributed by atoms with Gasteiger partial charge in [0, 0.05) is 11.4 Å². The van der Waals surface area contributed by atoms with Crippen molar-refractivity contribution in [3.05, 3.63) is 52.0 Å². The van der Waals surface area contributed by atoms with Crippen LogP contribution in [0.3, 0.4) is 0 Å². The van der Waals surface area contributed by atoms with Crippen LogP contribution in [0.25, 0.3) is 0 Å². The van der Waals surface area contributed by atoms with Crippen LogP contribution in [-0.4, -0.2) is 18.2 Å². The third kappa shape index (κ3) is 4.35. The van der Waals surface area contributed by atoms with Crippen molar-refractivity contribution in [1.82, 2.24) is 5.32 Å². The van der Waals surface area contributed by atoms with Gasteiger partial charge in [0.15, 0.2) is 0 Å². The largest absolute Gasteiger partial charge is 0.351 e. The Kier molecular flexibility index (Phi) is 5.61. The van der Waals surface area contributed by atoms with Gasteiger partial charge >= 0.3 is 0 Å². The predicted octanol–water partition coefficient (Wildman–Crippen LogP) is 4.11. The van der Waals surface area contributed by atoms with Gasteiger partial charge in [-0.2, -0.15) is 0 Å². The van der Waals surface area contributed by atoms with Gasteiger partial charge in [-0.15, -0.1) is 23.1 Å². The van der Waals surface area contributed by atoms with Gasteiger partial charge in [0.05, 0.1) is 4.88 Å². The molecule has 0 saturated heterocycles. The van der Waals surface area contributed by atoms with E-state index in [1.165, 1.54) is 23.5 Å². The van der Waals surface area contributed by atoms with Crippen molar-refractivity contribution in [3.8, 4) is 0 Å². The second kappa shape index (κ2) is 7.45. The van der Waals surface area contributed by atoms with Crippen molar-refractivity contribution in [2.75, 3.05) is 12.3 Å². The fraction of sp³-hybridized carbons (Fsp3) is 0.267. The number of rotatable bonds is 6. The fourth-order valence-corrected chi connectivity index (χ4v) is 3.37. The number of halogens is 1. The molecule has 1 aromatic carbocycles. The lowest BCUT2D eigenvalue weighted by Crippen LogP contribution is -2.24. The zero-order valence-electron chi connectivity index (χ0n) is 11.2. The minimum atomic E-state index is -0.215. The second-order valence-electron chi connectivity index (χ2n) is 4.34. The molecule has 0 atom stereocenters. The summed E-state index contributed by atoms with van der Waals surface area (Å²) in [5, 5.41) is 4.84. The van der Waals surface area contributed by atoms with E-state index in [1.54, 1.807) is 23.9 Å². The number of hydrogen-bond acceptors (Lipinski definition) is 3. The molecule has 1 heterocycles. The highest BCUT2D eigenvalue weighted by atomic mass is 32.2. The minimum absolute atomic E-state index is 0.00396. The molecule has 2 nitrogen and oxygen atoms in total. The zero-order chi connectivity index (χ0) is 14.4. The molecule has 106 valence electrons. The summed E-state index contributed by atoms with van der Waals surface area (Å²) in [5.74, 6) is 0.687. The number of carbonyl (C=O) groups is 1. The topological polar surface area (TPSA) is 29.1 Å². The van der Waals surface area contributed by atoms with Crippen molar-refractivity contribution in [2.45, 2.75) is 18.2 Å². The molecular formula is C15H16FNOS2. The smallest absolute Gasteiger partial charge is 0.261 e. The summed E-state index contributed by atoms with van der Waals surface area (Å²) < 4.78 is 12.7. The van der Waals surface area contributed by atoms with Gasteiger partial charge < -0.3 is 5.32 Å². The number of hydrogen-bond donors (Lipinski definition) is 1. The number of carbonyl (C=O) groups excluding carboxylic acids is 1. The number of aryl methyl sites for hydroxylation is 1. The van der Waals surface area contributed by atoms with Crippen LogP contribution in [0.5, 0.6) is 0 Å². The highest BCUT2D eigenvalue weighted by molar-refractivity contribution is 7.99. The lowest BCUT2D eigenvalue weighted by Gasteiger charge is -2.05. The van der Waals surface area contributed by atoms with E-state index in [4.69, 9.17) is 0 Å². The minimum Gasteiger partial charge on any atom is -0.351 e. The highest BCUT2D eigenvalue weighted by Gasteiger charge is 2.08. The Labute approximate surface area is 126 Å². The van der Waals surface area contributed by atoms with E-state index in [1.807, 2.05) is 18.4 Å². The molecule has 1 N–H and O–H groups in total. The first-order chi connectivity index (χ1) is 9.66. The van der Waals surface area contributed by atoms with Crippen LogP contribution in [0.2, 0.25) is 0 Å².